The van der Waals surface area contributed by atoms with Crippen LogP contribution in [0.5, 0.6) is 0 Å². The van der Waals surface area contributed by atoms with Gasteiger partial charge in [-0.1, -0.05) is 29.6 Å². The molecule has 1 saturated carbocycles. The van der Waals surface area contributed by atoms with Gasteiger partial charge in [0.05, 0.1) is 10.7 Å². The average molecular weight is 314 g/mol. The van der Waals surface area contributed by atoms with E-state index in [4.69, 9.17) is 27.9 Å². The molecule has 1 heterocycles. The quantitative estimate of drug-likeness (QED) is 0.821. The molecule has 1 aliphatic heterocycles. The molecular weight excluding hydrogens is 297 g/mol. The van der Waals surface area contributed by atoms with Crippen molar-refractivity contribution in [3.8, 4) is 0 Å². The van der Waals surface area contributed by atoms with Crippen LogP contribution in [0.2, 0.25) is 10.0 Å². The van der Waals surface area contributed by atoms with E-state index in [1.165, 1.54) is 6.42 Å². The maximum atomic E-state index is 12.1. The topological polar surface area (TPSA) is 38.3 Å². The molecule has 1 unspecified atom stereocenters. The lowest BCUT2D eigenvalue weighted by Gasteiger charge is -2.31. The first-order valence-corrected chi connectivity index (χ1v) is 7.78. The number of rotatable bonds is 2. The Balaban J connectivity index is 1.73. The number of carbonyl (C=O) groups is 1. The van der Waals surface area contributed by atoms with Crippen molar-refractivity contribution in [2.75, 3.05) is 5.32 Å². The second-order valence-electron chi connectivity index (χ2n) is 5.69. The van der Waals surface area contributed by atoms with Gasteiger partial charge in [-0.05, 0) is 43.9 Å². The number of nitrogens with one attached hydrogen (secondary N) is 1. The third-order valence-electron chi connectivity index (χ3n) is 4.20. The molecular formula is C15H17Cl2NO2. The monoisotopic (exact) mass is 313 g/mol. The van der Waals surface area contributed by atoms with Crippen molar-refractivity contribution in [1.29, 1.82) is 0 Å². The van der Waals surface area contributed by atoms with Crippen LogP contribution in [-0.2, 0) is 9.53 Å². The fourth-order valence-corrected chi connectivity index (χ4v) is 3.65. The first-order valence-electron chi connectivity index (χ1n) is 7.02. The van der Waals surface area contributed by atoms with Gasteiger partial charge in [0, 0.05) is 11.4 Å². The summed E-state index contributed by atoms with van der Waals surface area (Å²) in [6, 6.07) is 4.91. The molecule has 0 amide bonds. The van der Waals surface area contributed by atoms with Crippen molar-refractivity contribution in [2.45, 2.75) is 50.2 Å². The van der Waals surface area contributed by atoms with E-state index >= 15 is 0 Å². The molecule has 3 rings (SSSR count). The van der Waals surface area contributed by atoms with Crippen LogP contribution in [0.1, 0.15) is 38.5 Å². The summed E-state index contributed by atoms with van der Waals surface area (Å²) in [5, 5.41) is 4.30. The van der Waals surface area contributed by atoms with Gasteiger partial charge in [0.2, 0.25) is 0 Å². The van der Waals surface area contributed by atoms with Crippen LogP contribution in [0.25, 0.3) is 0 Å². The molecule has 1 spiro atoms. The summed E-state index contributed by atoms with van der Waals surface area (Å²) in [4.78, 5) is 12.1. The first kappa shape index (κ1) is 14.0. The highest BCUT2D eigenvalue weighted by Crippen LogP contribution is 2.41. The molecule has 1 N–H and O–H groups in total. The maximum absolute atomic E-state index is 12.1. The summed E-state index contributed by atoms with van der Waals surface area (Å²) >= 11 is 12.0. The van der Waals surface area contributed by atoms with E-state index in [0.29, 0.717) is 10.0 Å². The SMILES string of the molecule is O=C1OC2(CCCCC2)CC1Nc1ccc(Cl)cc1Cl. The largest absolute Gasteiger partial charge is 0.457 e. The van der Waals surface area contributed by atoms with Crippen molar-refractivity contribution < 1.29 is 9.53 Å². The van der Waals surface area contributed by atoms with Crippen molar-refractivity contribution in [3.63, 3.8) is 0 Å². The van der Waals surface area contributed by atoms with Crippen LogP contribution in [0.3, 0.4) is 0 Å². The smallest absolute Gasteiger partial charge is 0.329 e. The predicted octanol–water partition coefficient (Wildman–Crippen LogP) is 4.42. The molecule has 0 bridgehead atoms. The number of hydrogen-bond acceptors (Lipinski definition) is 3. The highest BCUT2D eigenvalue weighted by Gasteiger charge is 2.47. The number of anilines is 1. The third-order valence-corrected chi connectivity index (χ3v) is 4.75. The molecule has 108 valence electrons. The van der Waals surface area contributed by atoms with Crippen LogP contribution < -0.4 is 5.32 Å². The van der Waals surface area contributed by atoms with Crippen LogP contribution in [-0.4, -0.2) is 17.6 Å². The number of benzene rings is 1. The van der Waals surface area contributed by atoms with Gasteiger partial charge < -0.3 is 10.1 Å². The molecule has 0 aromatic heterocycles. The average Bonchev–Trinajstić information content (AvgIpc) is 2.70. The maximum Gasteiger partial charge on any atom is 0.329 e. The van der Waals surface area contributed by atoms with Gasteiger partial charge in [-0.15, -0.1) is 0 Å². The van der Waals surface area contributed by atoms with E-state index in [2.05, 4.69) is 5.32 Å². The molecule has 1 aliphatic carbocycles. The molecule has 1 aromatic carbocycles. The van der Waals surface area contributed by atoms with E-state index < -0.39 is 0 Å². The summed E-state index contributed by atoms with van der Waals surface area (Å²) in [6.45, 7) is 0. The standard InChI is InChI=1S/C15H17Cl2NO2/c16-10-4-5-12(11(17)8-10)18-13-9-15(20-14(13)19)6-2-1-3-7-15/h4-5,8,13,18H,1-3,6-7,9H2. The second-order valence-corrected chi connectivity index (χ2v) is 6.53. The predicted molar refractivity (Wildman–Crippen MR) is 80.4 cm³/mol. The molecule has 1 saturated heterocycles. The van der Waals surface area contributed by atoms with E-state index in [0.717, 1.165) is 37.8 Å². The van der Waals surface area contributed by atoms with E-state index in [9.17, 15) is 4.79 Å². The van der Waals surface area contributed by atoms with Crippen molar-refractivity contribution in [2.24, 2.45) is 0 Å². The Bertz CT molecular complexity index is 527. The summed E-state index contributed by atoms with van der Waals surface area (Å²) in [6.07, 6.45) is 6.20. The highest BCUT2D eigenvalue weighted by molar-refractivity contribution is 6.36. The van der Waals surface area contributed by atoms with E-state index in [1.54, 1.807) is 18.2 Å². The summed E-state index contributed by atoms with van der Waals surface area (Å²) in [5.41, 5.74) is 0.484. The fraction of sp³-hybridized carbons (Fsp3) is 0.533. The Labute approximate surface area is 128 Å². The van der Waals surface area contributed by atoms with E-state index in [-0.39, 0.29) is 17.6 Å². The summed E-state index contributed by atoms with van der Waals surface area (Å²) < 4.78 is 5.67. The zero-order valence-electron chi connectivity index (χ0n) is 11.1. The van der Waals surface area contributed by atoms with Crippen LogP contribution >= 0.6 is 23.2 Å². The van der Waals surface area contributed by atoms with Crippen molar-refractivity contribution in [1.82, 2.24) is 0 Å². The zero-order chi connectivity index (χ0) is 14.2. The summed E-state index contributed by atoms with van der Waals surface area (Å²) in [7, 11) is 0. The van der Waals surface area contributed by atoms with Crippen LogP contribution in [0.4, 0.5) is 5.69 Å². The van der Waals surface area contributed by atoms with Gasteiger partial charge in [-0.3, -0.25) is 0 Å². The number of ether oxygens (including phenoxy) is 1. The summed E-state index contributed by atoms with van der Waals surface area (Å²) in [5.74, 6) is -0.169. The van der Waals surface area contributed by atoms with Crippen LogP contribution in [0.15, 0.2) is 18.2 Å². The molecule has 2 fully saturated rings. The highest BCUT2D eigenvalue weighted by atomic mass is 35.5. The number of hydrogen-bond donors (Lipinski definition) is 1. The van der Waals surface area contributed by atoms with Gasteiger partial charge in [0.15, 0.2) is 0 Å². The van der Waals surface area contributed by atoms with Crippen molar-refractivity contribution in [3.05, 3.63) is 28.2 Å². The van der Waals surface area contributed by atoms with Crippen molar-refractivity contribution >= 4 is 34.9 Å². The fourth-order valence-electron chi connectivity index (χ4n) is 3.19. The lowest BCUT2D eigenvalue weighted by Crippen LogP contribution is -2.31. The number of carbonyl (C=O) groups excluding carboxylic acids is 1. The molecule has 0 radical (unpaired) electrons. The Morgan fingerprint density at radius 2 is 1.95 bits per heavy atom. The number of halogens is 2. The second kappa shape index (κ2) is 5.45. The zero-order valence-corrected chi connectivity index (χ0v) is 12.6. The molecule has 20 heavy (non-hydrogen) atoms. The van der Waals surface area contributed by atoms with Gasteiger partial charge >= 0.3 is 5.97 Å². The minimum atomic E-state index is -0.313. The Kier molecular flexibility index (Phi) is 3.83. The Morgan fingerprint density at radius 3 is 2.65 bits per heavy atom. The minimum absolute atomic E-state index is 0.169. The van der Waals surface area contributed by atoms with Gasteiger partial charge in [0.1, 0.15) is 11.6 Å². The lowest BCUT2D eigenvalue weighted by atomic mass is 9.82. The molecule has 3 nitrogen and oxygen atoms in total. The minimum Gasteiger partial charge on any atom is -0.457 e. The molecule has 2 aliphatic rings. The normalized spacial score (nSPS) is 24.7. The molecule has 1 aromatic rings. The van der Waals surface area contributed by atoms with E-state index in [1.807, 2.05) is 0 Å². The Morgan fingerprint density at radius 1 is 1.20 bits per heavy atom. The van der Waals surface area contributed by atoms with Crippen LogP contribution in [0, 0.1) is 0 Å². The molecule has 1 atom stereocenters. The third kappa shape index (κ3) is 2.75. The van der Waals surface area contributed by atoms with Gasteiger partial charge in [-0.25, -0.2) is 4.79 Å². The van der Waals surface area contributed by atoms with Gasteiger partial charge in [0.25, 0.3) is 0 Å². The first-order chi connectivity index (χ1) is 9.58. The number of esters is 1. The van der Waals surface area contributed by atoms with Gasteiger partial charge in [-0.2, -0.15) is 0 Å². The Hall–Kier alpha value is -0.930. The molecule has 5 heteroatoms. The lowest BCUT2D eigenvalue weighted by molar-refractivity contribution is -0.151.